The Morgan fingerprint density at radius 2 is 2.10 bits per heavy atom. The summed E-state index contributed by atoms with van der Waals surface area (Å²) in [5, 5.41) is 3.10. The number of para-hydroxylation sites is 1. The van der Waals surface area contributed by atoms with E-state index in [2.05, 4.69) is 10.3 Å². The van der Waals surface area contributed by atoms with Gasteiger partial charge in [-0.05, 0) is 6.07 Å². The fourth-order valence-electron chi connectivity index (χ4n) is 1.85. The summed E-state index contributed by atoms with van der Waals surface area (Å²) < 4.78 is 41.4. The largest absolute Gasteiger partial charge is 0.484 e. The number of alkyl halides is 3. The molecule has 0 saturated heterocycles. The summed E-state index contributed by atoms with van der Waals surface area (Å²) in [5.74, 6) is 0.981. The van der Waals surface area contributed by atoms with Crippen molar-refractivity contribution in [2.24, 2.45) is 4.99 Å². The van der Waals surface area contributed by atoms with Gasteiger partial charge in [0.25, 0.3) is 0 Å². The summed E-state index contributed by atoms with van der Waals surface area (Å²) in [6.45, 7) is 0.654. The lowest BCUT2D eigenvalue weighted by atomic mass is 10.2. The molecule has 0 aliphatic carbocycles. The van der Waals surface area contributed by atoms with E-state index in [1.807, 2.05) is 11.9 Å². The first kappa shape index (κ1) is 14.5. The number of halogens is 3. The van der Waals surface area contributed by atoms with Crippen LogP contribution in [0.1, 0.15) is 5.56 Å². The number of benzene rings is 1. The van der Waals surface area contributed by atoms with Gasteiger partial charge in [0.05, 0.1) is 6.54 Å². The van der Waals surface area contributed by atoms with E-state index in [-0.39, 0.29) is 5.75 Å². The fourth-order valence-corrected chi connectivity index (χ4v) is 1.85. The molecule has 1 aliphatic heterocycles. The molecule has 0 atom stereocenters. The molecule has 20 heavy (non-hydrogen) atoms. The molecule has 4 nitrogen and oxygen atoms in total. The molecule has 0 spiro atoms. The second-order valence-electron chi connectivity index (χ2n) is 4.49. The predicted octanol–water partition coefficient (Wildman–Crippen LogP) is 2.02. The van der Waals surface area contributed by atoms with Crippen molar-refractivity contribution in [1.82, 2.24) is 10.2 Å². The molecule has 1 heterocycles. The van der Waals surface area contributed by atoms with E-state index in [9.17, 15) is 13.2 Å². The second kappa shape index (κ2) is 6.02. The van der Waals surface area contributed by atoms with Gasteiger partial charge in [-0.25, -0.2) is 0 Å². The van der Waals surface area contributed by atoms with Crippen LogP contribution >= 0.6 is 0 Å². The van der Waals surface area contributed by atoms with Crippen LogP contribution in [0.25, 0.3) is 0 Å². The van der Waals surface area contributed by atoms with Gasteiger partial charge in [-0.15, -0.1) is 0 Å². The molecule has 0 bridgehead atoms. The number of likely N-dealkylation sites (N-methyl/N-ethyl adjacent to an activating group) is 1. The number of guanidine groups is 1. The summed E-state index contributed by atoms with van der Waals surface area (Å²) in [5.41, 5.74) is 0.666. The Morgan fingerprint density at radius 1 is 1.35 bits per heavy atom. The van der Waals surface area contributed by atoms with E-state index in [0.29, 0.717) is 12.1 Å². The van der Waals surface area contributed by atoms with Crippen LogP contribution in [-0.4, -0.2) is 43.8 Å². The van der Waals surface area contributed by atoms with Crippen molar-refractivity contribution in [3.05, 3.63) is 29.8 Å². The van der Waals surface area contributed by atoms with Gasteiger partial charge in [0, 0.05) is 25.7 Å². The third kappa shape index (κ3) is 4.04. The van der Waals surface area contributed by atoms with Crippen LogP contribution in [0.4, 0.5) is 13.2 Å². The van der Waals surface area contributed by atoms with Gasteiger partial charge < -0.3 is 15.0 Å². The van der Waals surface area contributed by atoms with E-state index in [1.165, 1.54) is 6.07 Å². The number of nitrogens with zero attached hydrogens (tertiary/aromatic N) is 2. The lowest BCUT2D eigenvalue weighted by molar-refractivity contribution is -0.153. The van der Waals surface area contributed by atoms with Crippen molar-refractivity contribution in [3.8, 4) is 5.75 Å². The molecule has 1 aromatic rings. The van der Waals surface area contributed by atoms with E-state index in [4.69, 9.17) is 4.74 Å². The van der Waals surface area contributed by atoms with Crippen LogP contribution in [0.15, 0.2) is 29.3 Å². The van der Waals surface area contributed by atoms with Gasteiger partial charge >= 0.3 is 6.18 Å². The van der Waals surface area contributed by atoms with Crippen molar-refractivity contribution in [3.63, 3.8) is 0 Å². The highest BCUT2D eigenvalue weighted by Gasteiger charge is 2.28. The maximum atomic E-state index is 12.2. The van der Waals surface area contributed by atoms with Gasteiger partial charge in [-0.3, -0.25) is 4.99 Å². The van der Waals surface area contributed by atoms with Crippen LogP contribution < -0.4 is 10.1 Å². The highest BCUT2D eigenvalue weighted by molar-refractivity contribution is 5.81. The quantitative estimate of drug-likeness (QED) is 0.920. The van der Waals surface area contributed by atoms with Crippen molar-refractivity contribution in [2.45, 2.75) is 12.7 Å². The molecule has 1 N–H and O–H groups in total. The normalized spacial score (nSPS) is 15.2. The van der Waals surface area contributed by atoms with E-state index in [0.717, 1.165) is 19.0 Å². The molecule has 1 aliphatic rings. The Balaban J connectivity index is 1.97. The SMILES string of the molecule is CN1CCN=C1NCc1ccccc1OCC(F)(F)F. The lowest BCUT2D eigenvalue weighted by Gasteiger charge is -2.17. The van der Waals surface area contributed by atoms with Gasteiger partial charge in [0.2, 0.25) is 0 Å². The molecular formula is C13H16F3N3O. The summed E-state index contributed by atoms with van der Waals surface area (Å²) in [7, 11) is 1.91. The molecule has 7 heteroatoms. The monoisotopic (exact) mass is 287 g/mol. The molecule has 2 rings (SSSR count). The Hall–Kier alpha value is -1.92. The zero-order valence-corrected chi connectivity index (χ0v) is 11.1. The minimum absolute atomic E-state index is 0.235. The molecule has 0 unspecified atom stereocenters. The lowest BCUT2D eigenvalue weighted by Crippen LogP contribution is -2.35. The zero-order valence-electron chi connectivity index (χ0n) is 11.1. The number of rotatable bonds is 4. The molecule has 110 valence electrons. The average Bonchev–Trinajstić information content (AvgIpc) is 2.79. The summed E-state index contributed by atoms with van der Waals surface area (Å²) >= 11 is 0. The molecule has 0 fully saturated rings. The molecule has 0 aromatic heterocycles. The predicted molar refractivity (Wildman–Crippen MR) is 69.8 cm³/mol. The molecule has 0 saturated carbocycles. The highest BCUT2D eigenvalue weighted by atomic mass is 19.4. The van der Waals surface area contributed by atoms with Crippen LogP contribution in [0.5, 0.6) is 5.75 Å². The summed E-state index contributed by atoms with van der Waals surface area (Å²) in [6, 6.07) is 6.67. The van der Waals surface area contributed by atoms with E-state index in [1.54, 1.807) is 18.2 Å². The minimum Gasteiger partial charge on any atom is -0.484 e. The third-order valence-corrected chi connectivity index (χ3v) is 2.86. The van der Waals surface area contributed by atoms with Crippen molar-refractivity contribution >= 4 is 5.96 Å². The Labute approximate surface area is 115 Å². The Morgan fingerprint density at radius 3 is 2.75 bits per heavy atom. The number of nitrogens with one attached hydrogen (secondary N) is 1. The minimum atomic E-state index is -4.34. The molecule has 0 amide bonds. The number of hydrogen-bond acceptors (Lipinski definition) is 4. The van der Waals surface area contributed by atoms with Crippen LogP contribution in [-0.2, 0) is 6.54 Å². The van der Waals surface area contributed by atoms with Gasteiger partial charge in [-0.1, -0.05) is 18.2 Å². The number of hydrogen-bond donors (Lipinski definition) is 1. The first-order chi connectivity index (χ1) is 9.46. The van der Waals surface area contributed by atoms with Crippen LogP contribution in [0, 0.1) is 0 Å². The Kier molecular flexibility index (Phi) is 4.36. The van der Waals surface area contributed by atoms with E-state index >= 15 is 0 Å². The van der Waals surface area contributed by atoms with Gasteiger partial charge in [0.15, 0.2) is 12.6 Å². The highest BCUT2D eigenvalue weighted by Crippen LogP contribution is 2.22. The van der Waals surface area contributed by atoms with Crippen LogP contribution in [0.2, 0.25) is 0 Å². The molecule has 1 aromatic carbocycles. The van der Waals surface area contributed by atoms with Gasteiger partial charge in [-0.2, -0.15) is 13.2 Å². The van der Waals surface area contributed by atoms with E-state index < -0.39 is 12.8 Å². The third-order valence-electron chi connectivity index (χ3n) is 2.86. The average molecular weight is 287 g/mol. The first-order valence-corrected chi connectivity index (χ1v) is 6.22. The summed E-state index contributed by atoms with van der Waals surface area (Å²) in [4.78, 5) is 6.21. The second-order valence-corrected chi connectivity index (χ2v) is 4.49. The first-order valence-electron chi connectivity index (χ1n) is 6.22. The summed E-state index contributed by atoms with van der Waals surface area (Å²) in [6.07, 6.45) is -4.34. The zero-order chi connectivity index (χ0) is 14.6. The topological polar surface area (TPSA) is 36.9 Å². The van der Waals surface area contributed by atoms with Crippen molar-refractivity contribution in [2.75, 3.05) is 26.7 Å². The maximum Gasteiger partial charge on any atom is 0.422 e. The standard InChI is InChI=1S/C13H16F3N3O/c1-19-7-6-17-12(19)18-8-10-4-2-3-5-11(10)20-9-13(14,15)16/h2-5H,6-9H2,1H3,(H,17,18). The van der Waals surface area contributed by atoms with Crippen molar-refractivity contribution in [1.29, 1.82) is 0 Å². The number of aliphatic imine (C=N–C) groups is 1. The number of ether oxygens (including phenoxy) is 1. The smallest absolute Gasteiger partial charge is 0.422 e. The van der Waals surface area contributed by atoms with Gasteiger partial charge in [0.1, 0.15) is 5.75 Å². The molecular weight excluding hydrogens is 271 g/mol. The van der Waals surface area contributed by atoms with Crippen LogP contribution in [0.3, 0.4) is 0 Å². The molecule has 0 radical (unpaired) electrons. The van der Waals surface area contributed by atoms with Crippen molar-refractivity contribution < 1.29 is 17.9 Å². The fraction of sp³-hybridized carbons (Fsp3) is 0.462. The maximum absolute atomic E-state index is 12.2. The Bertz CT molecular complexity index is 488.